The van der Waals surface area contributed by atoms with Gasteiger partial charge in [0.1, 0.15) is 0 Å². The van der Waals surface area contributed by atoms with Crippen molar-refractivity contribution >= 4 is 17.0 Å². The maximum absolute atomic E-state index is 12.5. The van der Waals surface area contributed by atoms with Gasteiger partial charge >= 0.3 is 0 Å². The van der Waals surface area contributed by atoms with Crippen molar-refractivity contribution in [3.05, 3.63) is 28.7 Å². The number of nitrogens with zero attached hydrogens (tertiary/aromatic N) is 6. The molecule has 0 N–H and O–H groups in total. The van der Waals surface area contributed by atoms with E-state index in [9.17, 15) is 4.79 Å². The van der Waals surface area contributed by atoms with Crippen LogP contribution in [0.3, 0.4) is 0 Å². The lowest BCUT2D eigenvalue weighted by Crippen LogP contribution is -2.64. The SMILES string of the molecule is CCN1CCN(C2CN(c3nc4ncccc4c(=O)n3C)C2)CC1. The number of pyridine rings is 1. The second-order valence-electron chi connectivity index (χ2n) is 6.68. The highest BCUT2D eigenvalue weighted by molar-refractivity contribution is 5.74. The van der Waals surface area contributed by atoms with Crippen LogP contribution < -0.4 is 10.5 Å². The molecule has 0 aromatic carbocycles. The molecule has 128 valence electrons. The summed E-state index contributed by atoms with van der Waals surface area (Å²) >= 11 is 0. The Morgan fingerprint density at radius 2 is 1.96 bits per heavy atom. The van der Waals surface area contributed by atoms with E-state index in [0.717, 1.165) is 51.8 Å². The summed E-state index contributed by atoms with van der Waals surface area (Å²) in [4.78, 5) is 28.6. The van der Waals surface area contributed by atoms with Gasteiger partial charge in [0, 0.05) is 58.6 Å². The van der Waals surface area contributed by atoms with Gasteiger partial charge in [-0.25, -0.2) is 4.98 Å². The highest BCUT2D eigenvalue weighted by Crippen LogP contribution is 2.22. The fourth-order valence-corrected chi connectivity index (χ4v) is 3.67. The molecule has 2 aromatic heterocycles. The topological polar surface area (TPSA) is 57.5 Å². The molecular weight excluding hydrogens is 304 g/mol. The summed E-state index contributed by atoms with van der Waals surface area (Å²) in [7, 11) is 1.80. The highest BCUT2D eigenvalue weighted by atomic mass is 16.1. The number of hydrogen-bond acceptors (Lipinski definition) is 6. The number of fused-ring (bicyclic) bond motifs is 1. The van der Waals surface area contributed by atoms with Crippen molar-refractivity contribution in [2.75, 3.05) is 50.7 Å². The van der Waals surface area contributed by atoms with Crippen LogP contribution in [-0.2, 0) is 7.05 Å². The largest absolute Gasteiger partial charge is 0.339 e. The summed E-state index contributed by atoms with van der Waals surface area (Å²) in [5, 5.41) is 0.580. The van der Waals surface area contributed by atoms with E-state index in [4.69, 9.17) is 0 Å². The van der Waals surface area contributed by atoms with Gasteiger partial charge in [0.2, 0.25) is 5.95 Å². The first kappa shape index (κ1) is 15.5. The fraction of sp³-hybridized carbons (Fsp3) is 0.588. The fourth-order valence-electron chi connectivity index (χ4n) is 3.67. The zero-order valence-corrected chi connectivity index (χ0v) is 14.4. The van der Waals surface area contributed by atoms with Crippen molar-refractivity contribution in [1.29, 1.82) is 0 Å². The maximum atomic E-state index is 12.5. The number of likely N-dealkylation sites (N-methyl/N-ethyl adjacent to an activating group) is 1. The summed E-state index contributed by atoms with van der Waals surface area (Å²) < 4.78 is 1.65. The molecule has 2 aliphatic rings. The second kappa shape index (κ2) is 6.14. The molecule has 0 atom stereocenters. The van der Waals surface area contributed by atoms with Gasteiger partial charge in [-0.05, 0) is 18.7 Å². The van der Waals surface area contributed by atoms with Gasteiger partial charge in [-0.1, -0.05) is 6.92 Å². The summed E-state index contributed by atoms with van der Waals surface area (Å²) in [5.74, 6) is 0.731. The van der Waals surface area contributed by atoms with Crippen LogP contribution in [0.1, 0.15) is 6.92 Å². The third kappa shape index (κ3) is 2.57. The van der Waals surface area contributed by atoms with Crippen LogP contribution in [0.2, 0.25) is 0 Å². The third-order valence-corrected chi connectivity index (χ3v) is 5.34. The van der Waals surface area contributed by atoms with Crippen LogP contribution in [0.5, 0.6) is 0 Å². The Morgan fingerprint density at radius 3 is 2.67 bits per heavy atom. The van der Waals surface area contributed by atoms with Gasteiger partial charge in [0.25, 0.3) is 5.56 Å². The molecule has 0 unspecified atom stereocenters. The summed E-state index contributed by atoms with van der Waals surface area (Å²) in [6, 6.07) is 4.13. The molecule has 2 saturated heterocycles. The predicted octanol–water partition coefficient (Wildman–Crippen LogP) is 0.155. The summed E-state index contributed by atoms with van der Waals surface area (Å²) in [5.41, 5.74) is 0.513. The molecule has 0 spiro atoms. The molecule has 0 bridgehead atoms. The molecule has 4 heterocycles. The zero-order chi connectivity index (χ0) is 16.7. The third-order valence-electron chi connectivity index (χ3n) is 5.34. The van der Waals surface area contributed by atoms with Crippen LogP contribution in [-0.4, -0.2) is 76.2 Å². The lowest BCUT2D eigenvalue weighted by Gasteiger charge is -2.48. The van der Waals surface area contributed by atoms with Gasteiger partial charge < -0.3 is 9.80 Å². The standard InChI is InChI=1S/C17H24N6O/c1-3-21-7-9-22(10-8-21)13-11-23(12-13)17-19-15-14(5-4-6-18-15)16(24)20(17)2/h4-6,13H,3,7-12H2,1-2H3. The van der Waals surface area contributed by atoms with E-state index in [0.29, 0.717) is 17.1 Å². The Bertz CT molecular complexity index is 789. The minimum Gasteiger partial charge on any atom is -0.339 e. The number of hydrogen-bond donors (Lipinski definition) is 0. The van der Waals surface area contributed by atoms with Crippen LogP contribution in [0.15, 0.2) is 23.1 Å². The molecule has 2 fully saturated rings. The van der Waals surface area contributed by atoms with Crippen LogP contribution in [0.4, 0.5) is 5.95 Å². The molecule has 0 amide bonds. The van der Waals surface area contributed by atoms with Crippen molar-refractivity contribution in [3.63, 3.8) is 0 Å². The highest BCUT2D eigenvalue weighted by Gasteiger charge is 2.35. The lowest BCUT2D eigenvalue weighted by molar-refractivity contribution is 0.0854. The maximum Gasteiger partial charge on any atom is 0.264 e. The minimum atomic E-state index is -0.0249. The summed E-state index contributed by atoms with van der Waals surface area (Å²) in [6.07, 6.45) is 1.69. The molecule has 4 rings (SSSR count). The Kier molecular flexibility index (Phi) is 3.97. The van der Waals surface area contributed by atoms with E-state index in [-0.39, 0.29) is 5.56 Å². The van der Waals surface area contributed by atoms with E-state index in [1.54, 1.807) is 29.9 Å². The molecule has 0 aliphatic carbocycles. The smallest absolute Gasteiger partial charge is 0.264 e. The average Bonchev–Trinajstić information content (AvgIpc) is 2.58. The van der Waals surface area contributed by atoms with E-state index < -0.39 is 0 Å². The van der Waals surface area contributed by atoms with Crippen LogP contribution in [0, 0.1) is 0 Å². The molecule has 2 aromatic rings. The second-order valence-corrected chi connectivity index (χ2v) is 6.68. The molecule has 7 heteroatoms. The number of piperazine rings is 1. The van der Waals surface area contributed by atoms with Gasteiger partial charge in [0.05, 0.1) is 5.39 Å². The predicted molar refractivity (Wildman–Crippen MR) is 94.5 cm³/mol. The Hall–Kier alpha value is -1.99. The lowest BCUT2D eigenvalue weighted by atomic mass is 10.1. The van der Waals surface area contributed by atoms with Crippen molar-refractivity contribution < 1.29 is 0 Å². The molecule has 0 saturated carbocycles. The van der Waals surface area contributed by atoms with Crippen molar-refractivity contribution in [2.45, 2.75) is 13.0 Å². The first-order chi connectivity index (χ1) is 11.7. The van der Waals surface area contributed by atoms with Crippen molar-refractivity contribution in [2.24, 2.45) is 7.05 Å². The number of rotatable bonds is 3. The van der Waals surface area contributed by atoms with E-state index in [1.807, 2.05) is 0 Å². The normalized spacial score (nSPS) is 20.5. The minimum absolute atomic E-state index is 0.0249. The van der Waals surface area contributed by atoms with Crippen molar-refractivity contribution in [3.8, 4) is 0 Å². The number of aromatic nitrogens is 3. The van der Waals surface area contributed by atoms with Gasteiger partial charge in [-0.15, -0.1) is 0 Å². The Balaban J connectivity index is 1.48. The quantitative estimate of drug-likeness (QED) is 0.800. The van der Waals surface area contributed by atoms with E-state index >= 15 is 0 Å². The Morgan fingerprint density at radius 1 is 1.21 bits per heavy atom. The molecule has 2 aliphatic heterocycles. The monoisotopic (exact) mass is 328 g/mol. The molecule has 24 heavy (non-hydrogen) atoms. The van der Waals surface area contributed by atoms with Crippen LogP contribution >= 0.6 is 0 Å². The van der Waals surface area contributed by atoms with E-state index in [1.165, 1.54) is 0 Å². The Labute approximate surface area is 141 Å². The first-order valence-corrected chi connectivity index (χ1v) is 8.70. The zero-order valence-electron chi connectivity index (χ0n) is 14.4. The average molecular weight is 328 g/mol. The first-order valence-electron chi connectivity index (χ1n) is 8.70. The summed E-state index contributed by atoms with van der Waals surface area (Å²) in [6.45, 7) is 9.82. The molecule has 7 nitrogen and oxygen atoms in total. The number of anilines is 1. The van der Waals surface area contributed by atoms with Gasteiger partial charge in [0.15, 0.2) is 5.65 Å². The van der Waals surface area contributed by atoms with E-state index in [2.05, 4.69) is 31.6 Å². The van der Waals surface area contributed by atoms with Crippen molar-refractivity contribution in [1.82, 2.24) is 24.3 Å². The molecular formula is C17H24N6O. The molecule has 0 radical (unpaired) electrons. The van der Waals surface area contributed by atoms with Crippen LogP contribution in [0.25, 0.3) is 11.0 Å². The van der Waals surface area contributed by atoms with Gasteiger partial charge in [-0.3, -0.25) is 14.3 Å². The van der Waals surface area contributed by atoms with Gasteiger partial charge in [-0.2, -0.15) is 4.98 Å².